The second-order valence-electron chi connectivity index (χ2n) is 8.90. The summed E-state index contributed by atoms with van der Waals surface area (Å²) in [5, 5.41) is 0. The fourth-order valence-electron chi connectivity index (χ4n) is 5.35. The van der Waals surface area contributed by atoms with E-state index in [0.717, 1.165) is 44.6 Å². The first-order valence-electron chi connectivity index (χ1n) is 10.8. The number of likely N-dealkylation sites (tertiary alicyclic amines) is 1. The Kier molecular flexibility index (Phi) is 5.76. The van der Waals surface area contributed by atoms with Crippen molar-refractivity contribution in [3.8, 4) is 0 Å². The number of rotatable bonds is 3. The Morgan fingerprint density at radius 2 is 2.00 bits per heavy atom. The molecule has 158 valence electrons. The monoisotopic (exact) mass is 400 g/mol. The number of carbonyl (C=O) groups is 2. The van der Waals surface area contributed by atoms with E-state index in [1.54, 1.807) is 11.1 Å². The van der Waals surface area contributed by atoms with Gasteiger partial charge < -0.3 is 19.4 Å². The van der Waals surface area contributed by atoms with Gasteiger partial charge in [0.2, 0.25) is 11.8 Å². The van der Waals surface area contributed by atoms with Crippen LogP contribution in [0.4, 0.5) is 5.82 Å². The van der Waals surface area contributed by atoms with Crippen LogP contribution in [0.3, 0.4) is 0 Å². The number of hydrogen-bond donors (Lipinski definition) is 0. The zero-order chi connectivity index (χ0) is 20.4. The molecule has 3 saturated heterocycles. The van der Waals surface area contributed by atoms with Gasteiger partial charge in [0.05, 0.1) is 5.41 Å². The highest BCUT2D eigenvalue weighted by Crippen LogP contribution is 2.45. The number of anilines is 1. The van der Waals surface area contributed by atoms with Crippen LogP contribution in [0.1, 0.15) is 25.7 Å². The molecular weight excluding hydrogens is 368 g/mol. The van der Waals surface area contributed by atoms with Crippen molar-refractivity contribution < 1.29 is 14.3 Å². The number of aromatic nitrogens is 1. The molecule has 0 aromatic carbocycles. The van der Waals surface area contributed by atoms with Crippen LogP contribution < -0.4 is 4.90 Å². The molecule has 0 unspecified atom stereocenters. The Balaban J connectivity index is 1.58. The van der Waals surface area contributed by atoms with Gasteiger partial charge in [0, 0.05) is 71.5 Å². The predicted molar refractivity (Wildman–Crippen MR) is 110 cm³/mol. The van der Waals surface area contributed by atoms with Gasteiger partial charge in [0.1, 0.15) is 5.82 Å². The molecule has 3 aliphatic rings. The van der Waals surface area contributed by atoms with Crippen LogP contribution in [0.15, 0.2) is 24.4 Å². The average molecular weight is 401 g/mol. The van der Waals surface area contributed by atoms with E-state index in [2.05, 4.69) is 9.88 Å². The maximum atomic E-state index is 13.4. The SMILES string of the molecule is CN(C)C(=O)[C@]12CCCN(C(=O)C3CCOCC3)C[C@H]1CN(c1ccccn1)C2. The molecule has 7 heteroatoms. The number of carbonyl (C=O) groups excluding carboxylic acids is 2. The molecule has 7 nitrogen and oxygen atoms in total. The smallest absolute Gasteiger partial charge is 0.230 e. The quantitative estimate of drug-likeness (QED) is 0.772. The summed E-state index contributed by atoms with van der Waals surface area (Å²) in [7, 11) is 3.68. The predicted octanol–water partition coefficient (Wildman–Crippen LogP) is 1.64. The lowest BCUT2D eigenvalue weighted by Crippen LogP contribution is -2.48. The van der Waals surface area contributed by atoms with E-state index in [4.69, 9.17) is 4.74 Å². The van der Waals surface area contributed by atoms with E-state index >= 15 is 0 Å². The van der Waals surface area contributed by atoms with Crippen molar-refractivity contribution in [2.75, 3.05) is 58.4 Å². The van der Waals surface area contributed by atoms with Gasteiger partial charge in [-0.05, 0) is 37.8 Å². The summed E-state index contributed by atoms with van der Waals surface area (Å²) in [6.45, 7) is 4.17. The largest absolute Gasteiger partial charge is 0.381 e. The number of fused-ring (bicyclic) bond motifs is 1. The van der Waals surface area contributed by atoms with E-state index < -0.39 is 5.41 Å². The van der Waals surface area contributed by atoms with Crippen LogP contribution in [0, 0.1) is 17.3 Å². The molecule has 0 N–H and O–H groups in total. The summed E-state index contributed by atoms with van der Waals surface area (Å²) < 4.78 is 5.43. The highest BCUT2D eigenvalue weighted by atomic mass is 16.5. The summed E-state index contributed by atoms with van der Waals surface area (Å²) in [6.07, 6.45) is 5.09. The minimum Gasteiger partial charge on any atom is -0.381 e. The molecule has 4 rings (SSSR count). The summed E-state index contributed by atoms with van der Waals surface area (Å²) in [5.74, 6) is 1.52. The lowest BCUT2D eigenvalue weighted by molar-refractivity contribution is -0.143. The molecule has 1 aromatic rings. The van der Waals surface area contributed by atoms with E-state index in [1.165, 1.54) is 0 Å². The number of hydrogen-bond acceptors (Lipinski definition) is 5. The van der Waals surface area contributed by atoms with Crippen molar-refractivity contribution in [3.63, 3.8) is 0 Å². The molecular formula is C22H32N4O3. The van der Waals surface area contributed by atoms with Gasteiger partial charge in [-0.15, -0.1) is 0 Å². The van der Waals surface area contributed by atoms with Gasteiger partial charge in [0.25, 0.3) is 0 Å². The molecule has 29 heavy (non-hydrogen) atoms. The summed E-state index contributed by atoms with van der Waals surface area (Å²) in [6, 6.07) is 5.90. The van der Waals surface area contributed by atoms with Crippen LogP contribution in [0.2, 0.25) is 0 Å². The van der Waals surface area contributed by atoms with Crippen molar-refractivity contribution in [3.05, 3.63) is 24.4 Å². The van der Waals surface area contributed by atoms with Crippen molar-refractivity contribution in [2.45, 2.75) is 25.7 Å². The highest BCUT2D eigenvalue weighted by molar-refractivity contribution is 5.85. The van der Waals surface area contributed by atoms with E-state index in [0.29, 0.717) is 26.3 Å². The van der Waals surface area contributed by atoms with Crippen LogP contribution >= 0.6 is 0 Å². The van der Waals surface area contributed by atoms with Crippen LogP contribution in [0.5, 0.6) is 0 Å². The Labute approximate surface area is 173 Å². The molecule has 4 heterocycles. The van der Waals surface area contributed by atoms with Crippen molar-refractivity contribution in [2.24, 2.45) is 17.3 Å². The van der Waals surface area contributed by atoms with Gasteiger partial charge in [-0.3, -0.25) is 9.59 Å². The Morgan fingerprint density at radius 3 is 2.69 bits per heavy atom. The minimum atomic E-state index is -0.453. The van der Waals surface area contributed by atoms with Gasteiger partial charge in [-0.2, -0.15) is 0 Å². The number of nitrogens with zero attached hydrogens (tertiary/aromatic N) is 4. The third kappa shape index (κ3) is 3.84. The lowest BCUT2D eigenvalue weighted by Gasteiger charge is -2.35. The first-order chi connectivity index (χ1) is 14.0. The maximum Gasteiger partial charge on any atom is 0.230 e. The molecule has 2 atom stereocenters. The number of ether oxygens (including phenoxy) is 1. The Hall–Kier alpha value is -2.15. The second-order valence-corrected chi connectivity index (χ2v) is 8.90. The first kappa shape index (κ1) is 20.1. The highest BCUT2D eigenvalue weighted by Gasteiger charge is 2.54. The molecule has 1 aromatic heterocycles. The summed E-state index contributed by atoms with van der Waals surface area (Å²) >= 11 is 0. The van der Waals surface area contributed by atoms with Gasteiger partial charge in [-0.1, -0.05) is 6.07 Å². The Morgan fingerprint density at radius 1 is 1.21 bits per heavy atom. The standard InChI is InChI=1S/C22H32N4O3/c1-24(2)21(28)22-9-5-11-25(20(27)17-7-12-29-13-8-17)14-18(22)15-26(16-22)19-6-3-4-10-23-19/h3-4,6,10,17-18H,5,7-9,11-16H2,1-2H3/t18-,22-/m0/s1. The molecule has 3 fully saturated rings. The molecule has 0 spiro atoms. The molecule has 0 bridgehead atoms. The minimum absolute atomic E-state index is 0.0640. The van der Waals surface area contributed by atoms with Gasteiger partial charge >= 0.3 is 0 Å². The van der Waals surface area contributed by atoms with Crippen molar-refractivity contribution >= 4 is 17.6 Å². The molecule has 3 aliphatic heterocycles. The third-order valence-corrected chi connectivity index (χ3v) is 6.87. The topological polar surface area (TPSA) is 66.0 Å². The van der Waals surface area contributed by atoms with Crippen molar-refractivity contribution in [1.29, 1.82) is 0 Å². The lowest BCUT2D eigenvalue weighted by atomic mass is 9.74. The molecule has 0 aliphatic carbocycles. The second kappa shape index (κ2) is 8.30. The third-order valence-electron chi connectivity index (χ3n) is 6.87. The van der Waals surface area contributed by atoms with Gasteiger partial charge in [0.15, 0.2) is 0 Å². The van der Waals surface area contributed by atoms with E-state index in [-0.39, 0.29) is 23.7 Å². The molecule has 0 saturated carbocycles. The van der Waals surface area contributed by atoms with Gasteiger partial charge in [-0.25, -0.2) is 4.98 Å². The first-order valence-corrected chi connectivity index (χ1v) is 10.8. The molecule has 2 amide bonds. The fourth-order valence-corrected chi connectivity index (χ4v) is 5.35. The van der Waals surface area contributed by atoms with Crippen LogP contribution in [0.25, 0.3) is 0 Å². The van der Waals surface area contributed by atoms with Crippen molar-refractivity contribution in [1.82, 2.24) is 14.8 Å². The van der Waals surface area contributed by atoms with E-state index in [1.807, 2.05) is 37.2 Å². The molecule has 0 radical (unpaired) electrons. The summed E-state index contributed by atoms with van der Waals surface area (Å²) in [4.78, 5) is 37.1. The number of amides is 2. The zero-order valence-corrected chi connectivity index (χ0v) is 17.5. The zero-order valence-electron chi connectivity index (χ0n) is 17.5. The summed E-state index contributed by atoms with van der Waals surface area (Å²) in [5.41, 5.74) is -0.453. The fraction of sp³-hybridized carbons (Fsp3) is 0.682. The van der Waals surface area contributed by atoms with E-state index in [9.17, 15) is 9.59 Å². The number of pyridine rings is 1. The van der Waals surface area contributed by atoms with Crippen LogP contribution in [-0.4, -0.2) is 80.1 Å². The van der Waals surface area contributed by atoms with Crippen LogP contribution in [-0.2, 0) is 14.3 Å². The average Bonchev–Trinajstić information content (AvgIpc) is 3.02. The Bertz CT molecular complexity index is 735. The normalized spacial score (nSPS) is 28.0. The maximum absolute atomic E-state index is 13.4.